The molecule has 0 spiro atoms. The van der Waals surface area contributed by atoms with Crippen molar-refractivity contribution in [1.29, 1.82) is 0 Å². The Balaban J connectivity index is 1.92. The van der Waals surface area contributed by atoms with Crippen molar-refractivity contribution in [2.75, 3.05) is 27.3 Å². The van der Waals surface area contributed by atoms with Crippen LogP contribution in [0.15, 0.2) is 21.6 Å². The lowest BCUT2D eigenvalue weighted by atomic mass is 10.00. The number of hydrogen-bond donors (Lipinski definition) is 0. The highest BCUT2D eigenvalue weighted by molar-refractivity contribution is 7.89. The van der Waals surface area contributed by atoms with E-state index in [2.05, 4.69) is 10.1 Å². The minimum atomic E-state index is -3.68. The Morgan fingerprint density at radius 3 is 2.50 bits per heavy atom. The molecule has 1 saturated heterocycles. The van der Waals surface area contributed by atoms with Gasteiger partial charge >= 0.3 is 0 Å². The number of benzene rings is 1. The van der Waals surface area contributed by atoms with Crippen LogP contribution in [0.5, 0.6) is 11.5 Å². The average molecular weight is 381 g/mol. The van der Waals surface area contributed by atoms with Crippen LogP contribution in [-0.4, -0.2) is 50.2 Å². The summed E-state index contributed by atoms with van der Waals surface area (Å²) in [5.41, 5.74) is 0.610. The highest BCUT2D eigenvalue weighted by Gasteiger charge is 2.34. The summed E-state index contributed by atoms with van der Waals surface area (Å²) in [5.74, 6) is 1.84. The predicted molar refractivity (Wildman–Crippen MR) is 94.1 cm³/mol. The third-order valence-electron chi connectivity index (χ3n) is 4.58. The fourth-order valence-electron chi connectivity index (χ4n) is 3.22. The number of rotatable bonds is 5. The summed E-state index contributed by atoms with van der Waals surface area (Å²) in [6, 6.07) is 3.19. The van der Waals surface area contributed by atoms with E-state index in [0.717, 1.165) is 12.8 Å². The maximum atomic E-state index is 13.2. The zero-order valence-corrected chi connectivity index (χ0v) is 16.2. The highest BCUT2D eigenvalue weighted by atomic mass is 32.2. The number of methoxy groups -OCH3 is 2. The Morgan fingerprint density at radius 2 is 1.88 bits per heavy atom. The SMILES string of the molecule is COc1cc(C)c(S(=O)(=O)N2CCCC(c3nc(C)no3)C2)cc1OC. The highest BCUT2D eigenvalue weighted by Crippen LogP contribution is 2.35. The second-order valence-corrected chi connectivity index (χ2v) is 8.26. The third kappa shape index (κ3) is 3.41. The molecule has 142 valence electrons. The van der Waals surface area contributed by atoms with E-state index in [9.17, 15) is 8.42 Å². The van der Waals surface area contributed by atoms with Gasteiger partial charge in [0.25, 0.3) is 0 Å². The minimum Gasteiger partial charge on any atom is -0.493 e. The second-order valence-electron chi connectivity index (χ2n) is 6.35. The normalized spacial score (nSPS) is 18.7. The minimum absolute atomic E-state index is 0.0971. The number of hydrogen-bond acceptors (Lipinski definition) is 7. The molecule has 1 aromatic carbocycles. The van der Waals surface area contributed by atoms with Crippen LogP contribution in [0.1, 0.15) is 36.0 Å². The molecule has 1 aliphatic heterocycles. The van der Waals surface area contributed by atoms with Crippen LogP contribution in [-0.2, 0) is 10.0 Å². The van der Waals surface area contributed by atoms with Crippen molar-refractivity contribution in [3.63, 3.8) is 0 Å². The molecule has 1 atom stereocenters. The molecule has 0 saturated carbocycles. The van der Waals surface area contributed by atoms with Gasteiger partial charge in [-0.3, -0.25) is 0 Å². The molecule has 0 bridgehead atoms. The van der Waals surface area contributed by atoms with E-state index in [1.165, 1.54) is 24.6 Å². The smallest absolute Gasteiger partial charge is 0.243 e. The predicted octanol–water partition coefficient (Wildman–Crippen LogP) is 2.27. The Hall–Kier alpha value is -2.13. The molecule has 0 N–H and O–H groups in total. The van der Waals surface area contributed by atoms with Crippen molar-refractivity contribution in [3.05, 3.63) is 29.4 Å². The Morgan fingerprint density at radius 1 is 1.19 bits per heavy atom. The zero-order chi connectivity index (χ0) is 18.9. The molecule has 1 aliphatic rings. The first-order valence-electron chi connectivity index (χ1n) is 8.39. The van der Waals surface area contributed by atoms with Crippen molar-refractivity contribution in [2.45, 2.75) is 37.5 Å². The standard InChI is InChI=1S/C17H23N3O5S/c1-11-8-14(23-3)15(24-4)9-16(11)26(21,22)20-7-5-6-13(10-20)17-18-12(2)19-25-17/h8-9,13H,5-7,10H2,1-4H3. The van der Waals surface area contributed by atoms with Gasteiger partial charge in [-0.2, -0.15) is 9.29 Å². The second kappa shape index (κ2) is 7.24. The summed E-state index contributed by atoms with van der Waals surface area (Å²) < 4.78 is 43.7. The summed E-state index contributed by atoms with van der Waals surface area (Å²) >= 11 is 0. The van der Waals surface area contributed by atoms with Crippen LogP contribution < -0.4 is 9.47 Å². The first kappa shape index (κ1) is 18.7. The largest absolute Gasteiger partial charge is 0.493 e. The number of piperidine rings is 1. The lowest BCUT2D eigenvalue weighted by molar-refractivity contribution is 0.265. The number of ether oxygens (including phenoxy) is 2. The van der Waals surface area contributed by atoms with Gasteiger partial charge in [0.2, 0.25) is 15.9 Å². The molecule has 8 nitrogen and oxygen atoms in total. The molecule has 2 heterocycles. The summed E-state index contributed by atoms with van der Waals surface area (Å²) in [6.07, 6.45) is 1.55. The average Bonchev–Trinajstić information content (AvgIpc) is 3.07. The van der Waals surface area contributed by atoms with Gasteiger partial charge < -0.3 is 14.0 Å². The van der Waals surface area contributed by atoms with Crippen LogP contribution in [0.2, 0.25) is 0 Å². The van der Waals surface area contributed by atoms with Gasteiger partial charge in [-0.15, -0.1) is 0 Å². The molecule has 26 heavy (non-hydrogen) atoms. The molecule has 2 aromatic rings. The fourth-order valence-corrected chi connectivity index (χ4v) is 4.97. The van der Waals surface area contributed by atoms with Crippen LogP contribution >= 0.6 is 0 Å². The fraction of sp³-hybridized carbons (Fsp3) is 0.529. The molecule has 0 radical (unpaired) electrons. The number of aromatic nitrogens is 2. The van der Waals surface area contributed by atoms with E-state index in [4.69, 9.17) is 14.0 Å². The molecule has 0 aliphatic carbocycles. The van der Waals surface area contributed by atoms with Gasteiger partial charge in [0.1, 0.15) is 0 Å². The quantitative estimate of drug-likeness (QED) is 0.784. The Kier molecular flexibility index (Phi) is 5.19. The Labute approximate surface area is 153 Å². The number of aryl methyl sites for hydroxylation is 2. The zero-order valence-electron chi connectivity index (χ0n) is 15.4. The van der Waals surface area contributed by atoms with E-state index in [1.54, 1.807) is 19.9 Å². The summed E-state index contributed by atoms with van der Waals surface area (Å²) in [4.78, 5) is 4.48. The van der Waals surface area contributed by atoms with Gasteiger partial charge in [-0.1, -0.05) is 5.16 Å². The van der Waals surface area contributed by atoms with E-state index in [0.29, 0.717) is 41.9 Å². The van der Waals surface area contributed by atoms with E-state index in [1.807, 2.05) is 0 Å². The summed E-state index contributed by atoms with van der Waals surface area (Å²) in [5, 5.41) is 3.81. The van der Waals surface area contributed by atoms with E-state index < -0.39 is 10.0 Å². The van der Waals surface area contributed by atoms with Crippen LogP contribution in [0.4, 0.5) is 0 Å². The molecular weight excluding hydrogens is 358 g/mol. The molecule has 3 rings (SSSR count). The number of nitrogens with zero attached hydrogens (tertiary/aromatic N) is 3. The maximum Gasteiger partial charge on any atom is 0.243 e. The molecule has 1 unspecified atom stereocenters. The third-order valence-corrected chi connectivity index (χ3v) is 6.58. The molecule has 0 amide bonds. The summed E-state index contributed by atoms with van der Waals surface area (Å²) in [6.45, 7) is 4.27. The van der Waals surface area contributed by atoms with Crippen molar-refractivity contribution in [2.24, 2.45) is 0 Å². The van der Waals surface area contributed by atoms with Crippen molar-refractivity contribution in [1.82, 2.24) is 14.4 Å². The van der Waals surface area contributed by atoms with Crippen molar-refractivity contribution < 1.29 is 22.4 Å². The van der Waals surface area contributed by atoms with Crippen LogP contribution in [0.3, 0.4) is 0 Å². The molecule has 1 aromatic heterocycles. The molecule has 1 fully saturated rings. The van der Waals surface area contributed by atoms with Crippen LogP contribution in [0.25, 0.3) is 0 Å². The molecular formula is C17H23N3O5S. The topological polar surface area (TPSA) is 94.8 Å². The van der Waals surface area contributed by atoms with Gasteiger partial charge in [-0.25, -0.2) is 8.42 Å². The van der Waals surface area contributed by atoms with Gasteiger partial charge in [0, 0.05) is 19.2 Å². The van der Waals surface area contributed by atoms with Crippen LogP contribution in [0, 0.1) is 13.8 Å². The van der Waals surface area contributed by atoms with Gasteiger partial charge in [-0.05, 0) is 38.3 Å². The van der Waals surface area contributed by atoms with Crippen molar-refractivity contribution in [3.8, 4) is 11.5 Å². The lowest BCUT2D eigenvalue weighted by Gasteiger charge is -2.30. The van der Waals surface area contributed by atoms with E-state index >= 15 is 0 Å². The Bertz CT molecular complexity index is 894. The monoisotopic (exact) mass is 381 g/mol. The van der Waals surface area contributed by atoms with Gasteiger partial charge in [0.05, 0.1) is 25.0 Å². The first-order chi connectivity index (χ1) is 12.4. The van der Waals surface area contributed by atoms with Gasteiger partial charge in [0.15, 0.2) is 17.3 Å². The molecule has 9 heteroatoms. The maximum absolute atomic E-state index is 13.2. The summed E-state index contributed by atoms with van der Waals surface area (Å²) in [7, 11) is -0.671. The van der Waals surface area contributed by atoms with Crippen molar-refractivity contribution >= 4 is 10.0 Å². The lowest BCUT2D eigenvalue weighted by Crippen LogP contribution is -2.39. The number of sulfonamides is 1. The van der Waals surface area contributed by atoms with E-state index in [-0.39, 0.29) is 10.8 Å². The first-order valence-corrected chi connectivity index (χ1v) is 9.83.